The van der Waals surface area contributed by atoms with Gasteiger partial charge in [0.05, 0.1) is 16.7 Å². The molecule has 18 heavy (non-hydrogen) atoms. The molecule has 0 aliphatic rings. The number of aromatic nitrogens is 1. The summed E-state index contributed by atoms with van der Waals surface area (Å²) in [4.78, 5) is 4.49. The first-order valence-corrected chi connectivity index (χ1v) is 7.34. The fraction of sp³-hybridized carbons (Fsp3) is 0.462. The summed E-state index contributed by atoms with van der Waals surface area (Å²) >= 11 is 7.51. The zero-order valence-corrected chi connectivity index (χ0v) is 12.1. The second-order valence-electron chi connectivity index (χ2n) is 4.21. The maximum atomic E-state index is 5.84. The molecule has 0 aliphatic carbocycles. The Morgan fingerprint density at radius 3 is 2.89 bits per heavy atom. The van der Waals surface area contributed by atoms with Crippen LogP contribution in [0, 0.1) is 6.92 Å². The number of thiazole rings is 1. The summed E-state index contributed by atoms with van der Waals surface area (Å²) in [7, 11) is 0. The molecule has 0 radical (unpaired) electrons. The molecule has 0 saturated heterocycles. The van der Waals surface area contributed by atoms with Gasteiger partial charge in [-0.25, -0.2) is 4.98 Å². The smallest absolute Gasteiger partial charge is 0.193 e. The van der Waals surface area contributed by atoms with Crippen LogP contribution in [-0.4, -0.2) is 11.5 Å². The summed E-state index contributed by atoms with van der Waals surface area (Å²) in [6, 6.07) is 3.84. The van der Waals surface area contributed by atoms with E-state index in [1.165, 1.54) is 0 Å². The molecule has 2 rings (SSSR count). The molecule has 1 N–H and O–H groups in total. The third kappa shape index (κ3) is 3.57. The molecule has 2 heterocycles. The fourth-order valence-corrected chi connectivity index (χ4v) is 2.60. The van der Waals surface area contributed by atoms with Gasteiger partial charge in [-0.05, 0) is 43.6 Å². The zero-order chi connectivity index (χ0) is 13.0. The maximum absolute atomic E-state index is 5.84. The summed E-state index contributed by atoms with van der Waals surface area (Å²) in [5.41, 5.74) is 1.10. The lowest BCUT2D eigenvalue weighted by atomic mass is 10.1. The van der Waals surface area contributed by atoms with Gasteiger partial charge in [0, 0.05) is 11.8 Å². The number of furan rings is 1. The average molecular weight is 285 g/mol. The molecule has 2 aromatic rings. The summed E-state index contributed by atoms with van der Waals surface area (Å²) in [6.07, 6.45) is 1.91. The molecule has 3 nitrogen and oxygen atoms in total. The van der Waals surface area contributed by atoms with E-state index in [1.807, 2.05) is 13.0 Å². The van der Waals surface area contributed by atoms with E-state index in [0.717, 1.165) is 35.8 Å². The number of nitrogens with one attached hydrogen (secondary N) is 1. The van der Waals surface area contributed by atoms with Crippen molar-refractivity contribution in [3.05, 3.63) is 39.2 Å². The lowest BCUT2D eigenvalue weighted by Crippen LogP contribution is -2.23. The minimum Gasteiger partial charge on any atom is -0.448 e. The van der Waals surface area contributed by atoms with Crippen molar-refractivity contribution in [2.75, 3.05) is 6.54 Å². The minimum absolute atomic E-state index is 0.138. The summed E-state index contributed by atoms with van der Waals surface area (Å²) in [5, 5.41) is 7.09. The number of hydrogen-bond donors (Lipinski definition) is 1. The van der Waals surface area contributed by atoms with Gasteiger partial charge in [-0.1, -0.05) is 6.92 Å². The zero-order valence-electron chi connectivity index (χ0n) is 10.6. The fourth-order valence-electron chi connectivity index (χ4n) is 1.82. The van der Waals surface area contributed by atoms with Crippen molar-refractivity contribution in [2.45, 2.75) is 32.7 Å². The lowest BCUT2D eigenvalue weighted by molar-refractivity contribution is 0.409. The van der Waals surface area contributed by atoms with Gasteiger partial charge in [-0.15, -0.1) is 11.3 Å². The lowest BCUT2D eigenvalue weighted by Gasteiger charge is -2.14. The van der Waals surface area contributed by atoms with Crippen molar-refractivity contribution in [3.63, 3.8) is 0 Å². The molecule has 1 atom stereocenters. The minimum atomic E-state index is 0.138. The van der Waals surface area contributed by atoms with Gasteiger partial charge in [0.1, 0.15) is 5.76 Å². The standard InChI is InChI=1S/C13H17ClN2OS/c1-3-6-15-11(12-4-5-13(14)17-12)7-10-8-18-9(2)16-10/h4-5,8,11,15H,3,6-7H2,1-2H3. The summed E-state index contributed by atoms with van der Waals surface area (Å²) < 4.78 is 5.50. The normalized spacial score (nSPS) is 12.8. The van der Waals surface area contributed by atoms with Crippen LogP contribution in [0.25, 0.3) is 0 Å². The number of nitrogens with zero attached hydrogens (tertiary/aromatic N) is 1. The highest BCUT2D eigenvalue weighted by Gasteiger charge is 2.16. The summed E-state index contributed by atoms with van der Waals surface area (Å²) in [6.45, 7) is 5.12. The maximum Gasteiger partial charge on any atom is 0.193 e. The van der Waals surface area contributed by atoms with Crippen molar-refractivity contribution in [1.82, 2.24) is 10.3 Å². The number of rotatable bonds is 6. The van der Waals surface area contributed by atoms with Crippen molar-refractivity contribution in [2.24, 2.45) is 0 Å². The van der Waals surface area contributed by atoms with E-state index >= 15 is 0 Å². The first kappa shape index (κ1) is 13.6. The molecule has 0 aliphatic heterocycles. The number of halogens is 1. The van der Waals surface area contributed by atoms with E-state index in [0.29, 0.717) is 5.22 Å². The molecule has 2 aromatic heterocycles. The molecule has 0 amide bonds. The summed E-state index contributed by atoms with van der Waals surface area (Å²) in [5.74, 6) is 0.874. The average Bonchev–Trinajstić information content (AvgIpc) is 2.93. The Balaban J connectivity index is 2.09. The molecule has 0 aromatic carbocycles. The highest BCUT2D eigenvalue weighted by Crippen LogP contribution is 2.23. The van der Waals surface area contributed by atoms with Gasteiger partial charge in [0.15, 0.2) is 5.22 Å². The first-order valence-electron chi connectivity index (χ1n) is 6.08. The van der Waals surface area contributed by atoms with Crippen LogP contribution in [0.1, 0.15) is 35.8 Å². The van der Waals surface area contributed by atoms with Gasteiger partial charge in [-0.3, -0.25) is 0 Å². The van der Waals surface area contributed by atoms with Gasteiger partial charge in [0.2, 0.25) is 0 Å². The molecule has 0 saturated carbocycles. The SMILES string of the molecule is CCCNC(Cc1csc(C)n1)c1ccc(Cl)o1. The van der Waals surface area contributed by atoms with Crippen molar-refractivity contribution in [1.29, 1.82) is 0 Å². The van der Waals surface area contributed by atoms with Crippen LogP contribution in [0.3, 0.4) is 0 Å². The predicted molar refractivity (Wildman–Crippen MR) is 75.3 cm³/mol. The topological polar surface area (TPSA) is 38.1 Å². The Morgan fingerprint density at radius 2 is 2.33 bits per heavy atom. The van der Waals surface area contributed by atoms with Crippen LogP contribution in [0.2, 0.25) is 5.22 Å². The molecule has 5 heteroatoms. The largest absolute Gasteiger partial charge is 0.448 e. The van der Waals surface area contributed by atoms with Crippen molar-refractivity contribution >= 4 is 22.9 Å². The molecule has 1 unspecified atom stereocenters. The monoisotopic (exact) mass is 284 g/mol. The van der Waals surface area contributed by atoms with Crippen LogP contribution in [-0.2, 0) is 6.42 Å². The van der Waals surface area contributed by atoms with Gasteiger partial charge in [-0.2, -0.15) is 0 Å². The van der Waals surface area contributed by atoms with Crippen molar-refractivity contribution in [3.8, 4) is 0 Å². The van der Waals surface area contributed by atoms with Gasteiger partial charge < -0.3 is 9.73 Å². The van der Waals surface area contributed by atoms with Crippen LogP contribution in [0.4, 0.5) is 0 Å². The highest BCUT2D eigenvalue weighted by atomic mass is 35.5. The molecule has 0 spiro atoms. The molecular formula is C13H17ClN2OS. The number of hydrogen-bond acceptors (Lipinski definition) is 4. The Kier molecular flexibility index (Phi) is 4.80. The van der Waals surface area contributed by atoms with Gasteiger partial charge in [0.25, 0.3) is 0 Å². The second kappa shape index (κ2) is 6.36. The Hall–Kier alpha value is -0.840. The van der Waals surface area contributed by atoms with Crippen LogP contribution >= 0.6 is 22.9 Å². The highest BCUT2D eigenvalue weighted by molar-refractivity contribution is 7.09. The van der Waals surface area contributed by atoms with Crippen LogP contribution in [0.5, 0.6) is 0 Å². The Bertz CT molecular complexity index is 495. The van der Waals surface area contributed by atoms with Crippen LogP contribution < -0.4 is 5.32 Å². The second-order valence-corrected chi connectivity index (χ2v) is 5.65. The van der Waals surface area contributed by atoms with E-state index < -0.39 is 0 Å². The van der Waals surface area contributed by atoms with Crippen molar-refractivity contribution < 1.29 is 4.42 Å². The Labute approximate surface area is 116 Å². The van der Waals surface area contributed by atoms with E-state index in [1.54, 1.807) is 17.4 Å². The Morgan fingerprint density at radius 1 is 1.50 bits per heavy atom. The number of aryl methyl sites for hydroxylation is 1. The molecule has 0 bridgehead atoms. The molecule has 0 fully saturated rings. The van der Waals surface area contributed by atoms with Crippen LogP contribution in [0.15, 0.2) is 21.9 Å². The van der Waals surface area contributed by atoms with E-state index in [4.69, 9.17) is 16.0 Å². The third-order valence-corrected chi connectivity index (χ3v) is 3.68. The van der Waals surface area contributed by atoms with E-state index in [9.17, 15) is 0 Å². The molecular weight excluding hydrogens is 268 g/mol. The van der Waals surface area contributed by atoms with E-state index in [-0.39, 0.29) is 6.04 Å². The van der Waals surface area contributed by atoms with Gasteiger partial charge >= 0.3 is 0 Å². The quantitative estimate of drug-likeness (QED) is 0.872. The first-order chi connectivity index (χ1) is 8.69. The third-order valence-electron chi connectivity index (χ3n) is 2.66. The molecule has 98 valence electrons. The predicted octanol–water partition coefficient (Wildman–Crippen LogP) is 3.98. The van der Waals surface area contributed by atoms with E-state index in [2.05, 4.69) is 22.6 Å².